The molecule has 2 N–H and O–H groups in total. The number of aromatic nitrogens is 2. The molecule has 1 aromatic heterocycles. The van der Waals surface area contributed by atoms with Crippen molar-refractivity contribution in [2.45, 2.75) is 6.04 Å². The predicted octanol–water partition coefficient (Wildman–Crippen LogP) is 3.12. The van der Waals surface area contributed by atoms with Crippen LogP contribution in [0, 0.1) is 11.8 Å². The first-order valence-electron chi connectivity index (χ1n) is 9.99. The molecule has 0 saturated carbocycles. The van der Waals surface area contributed by atoms with E-state index in [1.165, 1.54) is 5.56 Å². The Morgan fingerprint density at radius 3 is 2.76 bits per heavy atom. The van der Waals surface area contributed by atoms with Crippen LogP contribution in [0.3, 0.4) is 0 Å². The third-order valence-corrected chi connectivity index (χ3v) is 6.22. The summed E-state index contributed by atoms with van der Waals surface area (Å²) in [6.45, 7) is 2.69. The minimum absolute atomic E-state index is 0.0750. The average Bonchev–Trinajstić information content (AvgIpc) is 3.50. The van der Waals surface area contributed by atoms with Gasteiger partial charge < -0.3 is 15.0 Å². The van der Waals surface area contributed by atoms with E-state index in [1.807, 2.05) is 42.6 Å². The molecule has 0 bridgehead atoms. The Labute approximate surface area is 169 Å². The maximum atomic E-state index is 13.6. The van der Waals surface area contributed by atoms with E-state index in [0.29, 0.717) is 11.8 Å². The largest absolute Gasteiger partial charge is 0.497 e. The molecule has 2 aliphatic heterocycles. The fourth-order valence-electron chi connectivity index (χ4n) is 4.76. The van der Waals surface area contributed by atoms with Gasteiger partial charge in [-0.1, -0.05) is 24.3 Å². The van der Waals surface area contributed by atoms with E-state index >= 15 is 0 Å². The molecule has 3 aromatic rings. The molecule has 29 heavy (non-hydrogen) atoms. The number of ether oxygens (including phenoxy) is 1. The quantitative estimate of drug-likeness (QED) is 0.721. The number of methoxy groups -OCH3 is 1. The molecule has 2 saturated heterocycles. The summed E-state index contributed by atoms with van der Waals surface area (Å²) in [5.41, 5.74) is 3.86. The van der Waals surface area contributed by atoms with Crippen LogP contribution in [0.5, 0.6) is 5.75 Å². The van der Waals surface area contributed by atoms with Crippen molar-refractivity contribution < 1.29 is 9.53 Å². The minimum Gasteiger partial charge on any atom is -0.497 e. The Balaban J connectivity index is 1.48. The summed E-state index contributed by atoms with van der Waals surface area (Å²) < 4.78 is 5.31. The number of likely N-dealkylation sites (tertiary alicyclic amines) is 1. The van der Waals surface area contributed by atoms with Gasteiger partial charge in [0.05, 0.1) is 19.3 Å². The van der Waals surface area contributed by atoms with Crippen LogP contribution >= 0.6 is 0 Å². The van der Waals surface area contributed by atoms with Crippen molar-refractivity contribution in [2.75, 3.05) is 26.7 Å². The second-order valence-corrected chi connectivity index (χ2v) is 7.83. The molecule has 0 aliphatic carbocycles. The standard InChI is InChI=1S/C23H24N4O2/c1-29-20-7-5-15(6-8-20)22-21-13-24-10-19(21)14-27(22)23(28)17-4-2-3-16(9-17)18-11-25-26-12-18/h2-9,11-12,19,21-22,24H,10,13-14H2,1H3,(H,25,26)/t19-,21-,22-/m0/s1. The maximum Gasteiger partial charge on any atom is 0.254 e. The third kappa shape index (κ3) is 3.19. The molecule has 5 rings (SSSR count). The molecule has 6 nitrogen and oxygen atoms in total. The van der Waals surface area contributed by atoms with Crippen molar-refractivity contribution in [3.05, 3.63) is 72.1 Å². The summed E-state index contributed by atoms with van der Waals surface area (Å²) in [5.74, 6) is 1.84. The predicted molar refractivity (Wildman–Crippen MR) is 111 cm³/mol. The van der Waals surface area contributed by atoms with E-state index in [-0.39, 0.29) is 11.9 Å². The highest BCUT2D eigenvalue weighted by Gasteiger charge is 2.46. The number of fused-ring (bicyclic) bond motifs is 1. The molecule has 2 aliphatic rings. The van der Waals surface area contributed by atoms with Crippen LogP contribution in [0.2, 0.25) is 0 Å². The van der Waals surface area contributed by atoms with E-state index in [1.54, 1.807) is 13.3 Å². The number of amides is 1. The molecule has 0 spiro atoms. The zero-order valence-corrected chi connectivity index (χ0v) is 16.3. The van der Waals surface area contributed by atoms with Crippen molar-refractivity contribution in [1.82, 2.24) is 20.4 Å². The van der Waals surface area contributed by atoms with E-state index in [9.17, 15) is 4.79 Å². The van der Waals surface area contributed by atoms with Gasteiger partial charge in [-0.15, -0.1) is 0 Å². The average molecular weight is 388 g/mol. The molecule has 3 atom stereocenters. The lowest BCUT2D eigenvalue weighted by Gasteiger charge is -2.29. The Kier molecular flexibility index (Phi) is 4.56. The number of H-pyrrole nitrogens is 1. The second-order valence-electron chi connectivity index (χ2n) is 7.83. The van der Waals surface area contributed by atoms with Crippen molar-refractivity contribution >= 4 is 5.91 Å². The second kappa shape index (κ2) is 7.37. The highest BCUT2D eigenvalue weighted by atomic mass is 16.5. The molecule has 1 amide bonds. The first-order chi connectivity index (χ1) is 14.2. The Morgan fingerprint density at radius 2 is 2.00 bits per heavy atom. The van der Waals surface area contributed by atoms with Crippen molar-refractivity contribution in [3.8, 4) is 16.9 Å². The minimum atomic E-state index is 0.0750. The van der Waals surface area contributed by atoms with Gasteiger partial charge in [0.25, 0.3) is 5.91 Å². The fraction of sp³-hybridized carbons (Fsp3) is 0.304. The van der Waals surface area contributed by atoms with Gasteiger partial charge >= 0.3 is 0 Å². The van der Waals surface area contributed by atoms with Gasteiger partial charge in [-0.05, 0) is 41.3 Å². The lowest BCUT2D eigenvalue weighted by Crippen LogP contribution is -2.34. The van der Waals surface area contributed by atoms with Crippen LogP contribution in [0.15, 0.2) is 60.9 Å². The number of hydrogen-bond donors (Lipinski definition) is 2. The number of rotatable bonds is 4. The van der Waals surface area contributed by atoms with Gasteiger partial charge in [-0.2, -0.15) is 5.10 Å². The summed E-state index contributed by atoms with van der Waals surface area (Å²) in [5, 5.41) is 10.4. The molecule has 148 valence electrons. The van der Waals surface area contributed by atoms with Crippen LogP contribution < -0.4 is 10.1 Å². The smallest absolute Gasteiger partial charge is 0.254 e. The Hall–Kier alpha value is -3.12. The Bertz CT molecular complexity index is 1000. The van der Waals surface area contributed by atoms with Crippen molar-refractivity contribution in [3.63, 3.8) is 0 Å². The van der Waals surface area contributed by atoms with Crippen LogP contribution in [0.4, 0.5) is 0 Å². The topological polar surface area (TPSA) is 70.2 Å². The van der Waals surface area contributed by atoms with Crippen LogP contribution in [0.25, 0.3) is 11.1 Å². The van der Waals surface area contributed by atoms with Crippen LogP contribution in [0.1, 0.15) is 22.0 Å². The zero-order valence-electron chi connectivity index (χ0n) is 16.3. The van der Waals surface area contributed by atoms with Gasteiger partial charge in [0.1, 0.15) is 5.75 Å². The molecule has 2 fully saturated rings. The number of carbonyl (C=O) groups excluding carboxylic acids is 1. The van der Waals surface area contributed by atoms with Gasteiger partial charge in [-0.25, -0.2) is 0 Å². The summed E-state index contributed by atoms with van der Waals surface area (Å²) in [6, 6.07) is 16.0. The first kappa shape index (κ1) is 17.9. The molecule has 0 radical (unpaired) electrons. The summed E-state index contributed by atoms with van der Waals surface area (Å²) >= 11 is 0. The third-order valence-electron chi connectivity index (χ3n) is 6.22. The highest BCUT2D eigenvalue weighted by Crippen LogP contribution is 2.43. The number of nitrogens with zero attached hydrogens (tertiary/aromatic N) is 2. The van der Waals surface area contributed by atoms with Crippen molar-refractivity contribution in [2.24, 2.45) is 11.8 Å². The fourth-order valence-corrected chi connectivity index (χ4v) is 4.76. The van der Waals surface area contributed by atoms with E-state index in [4.69, 9.17) is 4.74 Å². The Morgan fingerprint density at radius 1 is 1.14 bits per heavy atom. The molecule has 0 unspecified atom stereocenters. The lowest BCUT2D eigenvalue weighted by molar-refractivity contribution is 0.0714. The SMILES string of the molecule is COc1ccc([C@H]2[C@H]3CNC[C@H]3CN2C(=O)c2cccc(-c3cn[nH]c3)c2)cc1. The zero-order chi connectivity index (χ0) is 19.8. The van der Waals surface area contributed by atoms with Gasteiger partial charge in [0, 0.05) is 42.9 Å². The summed E-state index contributed by atoms with van der Waals surface area (Å²) in [4.78, 5) is 15.6. The number of carbonyl (C=O) groups is 1. The van der Waals surface area contributed by atoms with E-state index in [2.05, 4.69) is 32.5 Å². The van der Waals surface area contributed by atoms with Crippen LogP contribution in [-0.4, -0.2) is 47.7 Å². The normalized spacial score (nSPS) is 23.2. The highest BCUT2D eigenvalue weighted by molar-refractivity contribution is 5.96. The molecule has 3 heterocycles. The number of hydrogen-bond acceptors (Lipinski definition) is 4. The van der Waals surface area contributed by atoms with E-state index in [0.717, 1.165) is 42.1 Å². The molecular formula is C23H24N4O2. The van der Waals surface area contributed by atoms with Gasteiger partial charge in [-0.3, -0.25) is 9.89 Å². The first-order valence-corrected chi connectivity index (χ1v) is 9.99. The number of nitrogens with one attached hydrogen (secondary N) is 2. The molecular weight excluding hydrogens is 364 g/mol. The maximum absolute atomic E-state index is 13.6. The monoisotopic (exact) mass is 388 g/mol. The molecule has 2 aromatic carbocycles. The van der Waals surface area contributed by atoms with E-state index < -0.39 is 0 Å². The number of aromatic amines is 1. The van der Waals surface area contributed by atoms with Crippen LogP contribution in [-0.2, 0) is 0 Å². The van der Waals surface area contributed by atoms with Crippen molar-refractivity contribution in [1.29, 1.82) is 0 Å². The molecule has 6 heteroatoms. The van der Waals surface area contributed by atoms with Gasteiger partial charge in [0.2, 0.25) is 0 Å². The summed E-state index contributed by atoms with van der Waals surface area (Å²) in [6.07, 6.45) is 3.62. The van der Waals surface area contributed by atoms with Gasteiger partial charge in [0.15, 0.2) is 0 Å². The number of benzene rings is 2. The lowest BCUT2D eigenvalue weighted by atomic mass is 9.89. The summed E-state index contributed by atoms with van der Waals surface area (Å²) in [7, 11) is 1.67.